The Kier molecular flexibility index (Phi) is 6.57. The molecule has 0 spiro atoms. The molecule has 3 nitrogen and oxygen atoms in total. The summed E-state index contributed by atoms with van der Waals surface area (Å²) >= 11 is 4.79. The Labute approximate surface area is 153 Å². The van der Waals surface area contributed by atoms with E-state index >= 15 is 0 Å². The molecular formula is C18H17BrFNO2S. The number of amides is 1. The zero-order chi connectivity index (χ0) is 17.7. The van der Waals surface area contributed by atoms with Crippen molar-refractivity contribution < 1.29 is 14.0 Å². The number of rotatable bonds is 6. The minimum Gasteiger partial charge on any atom is -0.325 e. The lowest BCUT2D eigenvalue weighted by atomic mass is 10.1. The number of carbonyl (C=O) groups excluding carboxylic acids is 2. The number of benzene rings is 2. The lowest BCUT2D eigenvalue weighted by Crippen LogP contribution is -2.22. The smallest absolute Gasteiger partial charge is 0.237 e. The summed E-state index contributed by atoms with van der Waals surface area (Å²) in [6.07, 6.45) is 0. The van der Waals surface area contributed by atoms with Crippen molar-refractivity contribution in [3.05, 3.63) is 63.9 Å². The molecule has 0 radical (unpaired) electrons. The summed E-state index contributed by atoms with van der Waals surface area (Å²) in [6.45, 7) is 3.32. The van der Waals surface area contributed by atoms with Gasteiger partial charge in [-0.1, -0.05) is 22.0 Å². The van der Waals surface area contributed by atoms with E-state index in [1.54, 1.807) is 30.3 Å². The van der Waals surface area contributed by atoms with Gasteiger partial charge in [0.15, 0.2) is 5.78 Å². The van der Waals surface area contributed by atoms with E-state index in [0.29, 0.717) is 21.5 Å². The van der Waals surface area contributed by atoms with Gasteiger partial charge in [-0.25, -0.2) is 4.39 Å². The molecule has 0 bridgehead atoms. The molecule has 0 heterocycles. The van der Waals surface area contributed by atoms with Crippen LogP contribution in [-0.2, 0) is 10.5 Å². The van der Waals surface area contributed by atoms with Crippen molar-refractivity contribution in [2.24, 2.45) is 0 Å². The number of halogens is 2. The average Bonchev–Trinajstić information content (AvgIpc) is 2.54. The molecule has 2 aromatic carbocycles. The zero-order valence-electron chi connectivity index (χ0n) is 13.3. The van der Waals surface area contributed by atoms with Crippen LogP contribution in [0.25, 0.3) is 0 Å². The molecule has 126 valence electrons. The van der Waals surface area contributed by atoms with Crippen LogP contribution in [0.2, 0.25) is 0 Å². The summed E-state index contributed by atoms with van der Waals surface area (Å²) in [5.41, 5.74) is 2.20. The van der Waals surface area contributed by atoms with E-state index < -0.39 is 0 Å². The second-order valence-electron chi connectivity index (χ2n) is 5.31. The Balaban J connectivity index is 1.90. The minimum atomic E-state index is -0.296. The van der Waals surface area contributed by atoms with Crippen molar-refractivity contribution >= 4 is 45.1 Å². The van der Waals surface area contributed by atoms with Crippen molar-refractivity contribution in [3.8, 4) is 0 Å². The van der Waals surface area contributed by atoms with Crippen LogP contribution in [0.1, 0.15) is 29.8 Å². The van der Waals surface area contributed by atoms with Gasteiger partial charge in [-0.3, -0.25) is 9.59 Å². The van der Waals surface area contributed by atoms with E-state index in [9.17, 15) is 14.0 Å². The van der Waals surface area contributed by atoms with E-state index in [0.717, 1.165) is 5.56 Å². The molecule has 24 heavy (non-hydrogen) atoms. The maximum absolute atomic E-state index is 13.1. The lowest BCUT2D eigenvalue weighted by molar-refractivity contribution is -0.115. The molecule has 0 aliphatic rings. The van der Waals surface area contributed by atoms with Gasteiger partial charge in [-0.2, -0.15) is 0 Å². The summed E-state index contributed by atoms with van der Waals surface area (Å²) in [5, 5.41) is 2.56. The number of hydrogen-bond donors (Lipinski definition) is 1. The van der Waals surface area contributed by atoms with Gasteiger partial charge in [0.2, 0.25) is 5.91 Å². The van der Waals surface area contributed by atoms with Crippen LogP contribution < -0.4 is 5.32 Å². The van der Waals surface area contributed by atoms with Crippen LogP contribution in [0.15, 0.2) is 46.9 Å². The highest BCUT2D eigenvalue weighted by molar-refractivity contribution is 9.10. The number of nitrogens with one attached hydrogen (secondary N) is 1. The van der Waals surface area contributed by atoms with Crippen LogP contribution in [0.4, 0.5) is 10.1 Å². The highest BCUT2D eigenvalue weighted by Gasteiger charge is 2.14. The number of ketones is 1. The van der Waals surface area contributed by atoms with Crippen LogP contribution in [0.3, 0.4) is 0 Å². The molecule has 0 saturated carbocycles. The Bertz CT molecular complexity index is 749. The molecule has 1 unspecified atom stereocenters. The maximum atomic E-state index is 13.1. The predicted molar refractivity (Wildman–Crippen MR) is 99.9 cm³/mol. The van der Waals surface area contributed by atoms with E-state index in [1.165, 1.54) is 30.8 Å². The molecule has 0 aliphatic carbocycles. The quantitative estimate of drug-likeness (QED) is 0.678. The van der Waals surface area contributed by atoms with Crippen molar-refractivity contribution in [1.82, 2.24) is 0 Å². The number of hydrogen-bond acceptors (Lipinski definition) is 3. The first-order valence-corrected chi connectivity index (χ1v) is 9.18. The van der Waals surface area contributed by atoms with E-state index in [2.05, 4.69) is 21.2 Å². The third-order valence-electron chi connectivity index (χ3n) is 3.43. The fourth-order valence-electron chi connectivity index (χ4n) is 1.96. The third-order valence-corrected chi connectivity index (χ3v) is 5.36. The van der Waals surface area contributed by atoms with Crippen molar-refractivity contribution in [2.75, 3.05) is 5.32 Å². The Morgan fingerprint density at radius 3 is 2.46 bits per heavy atom. The molecule has 6 heteroatoms. The Morgan fingerprint density at radius 1 is 1.21 bits per heavy atom. The third kappa shape index (κ3) is 5.18. The van der Waals surface area contributed by atoms with Crippen LogP contribution in [0.5, 0.6) is 0 Å². The molecule has 0 saturated heterocycles. The van der Waals surface area contributed by atoms with Crippen molar-refractivity contribution in [1.29, 1.82) is 0 Å². The average molecular weight is 410 g/mol. The summed E-state index contributed by atoms with van der Waals surface area (Å²) in [6, 6.07) is 11.3. The summed E-state index contributed by atoms with van der Waals surface area (Å²) in [4.78, 5) is 23.5. The minimum absolute atomic E-state index is 0.0123. The SMILES string of the molecule is CC(=O)c1ccc(NC(=O)C(C)SCc2ccc(F)cc2Br)cc1. The molecule has 0 aromatic heterocycles. The Hall–Kier alpha value is -1.66. The van der Waals surface area contributed by atoms with Crippen LogP contribution in [-0.4, -0.2) is 16.9 Å². The fraction of sp³-hybridized carbons (Fsp3) is 0.222. The van der Waals surface area contributed by atoms with E-state index in [1.807, 2.05) is 6.92 Å². The normalized spacial score (nSPS) is 11.8. The lowest BCUT2D eigenvalue weighted by Gasteiger charge is -2.13. The highest BCUT2D eigenvalue weighted by Crippen LogP contribution is 2.25. The van der Waals surface area contributed by atoms with Crippen molar-refractivity contribution in [3.63, 3.8) is 0 Å². The largest absolute Gasteiger partial charge is 0.325 e. The van der Waals surface area contributed by atoms with Crippen molar-refractivity contribution in [2.45, 2.75) is 24.9 Å². The summed E-state index contributed by atoms with van der Waals surface area (Å²) in [5.74, 6) is 0.171. The van der Waals surface area contributed by atoms with Crippen LogP contribution >= 0.6 is 27.7 Å². The van der Waals surface area contributed by atoms with Gasteiger partial charge < -0.3 is 5.32 Å². The molecule has 1 amide bonds. The number of Topliss-reactive ketones (excluding diaryl/α,β-unsaturated/α-hetero) is 1. The fourth-order valence-corrected chi connectivity index (χ4v) is 3.53. The summed E-state index contributed by atoms with van der Waals surface area (Å²) < 4.78 is 13.8. The monoisotopic (exact) mass is 409 g/mol. The maximum Gasteiger partial charge on any atom is 0.237 e. The van der Waals surface area contributed by atoms with Gasteiger partial charge >= 0.3 is 0 Å². The van der Waals surface area contributed by atoms with Gasteiger partial charge in [0.05, 0.1) is 5.25 Å². The second-order valence-corrected chi connectivity index (χ2v) is 7.50. The molecule has 2 rings (SSSR count). The molecule has 2 aromatic rings. The van der Waals surface area contributed by atoms with Gasteiger partial charge in [0, 0.05) is 21.5 Å². The standard InChI is InChI=1S/C18H17BrFNO2S/c1-11(22)13-4-7-16(8-5-13)21-18(23)12(2)24-10-14-3-6-15(20)9-17(14)19/h3-9,12H,10H2,1-2H3,(H,21,23). The topological polar surface area (TPSA) is 46.2 Å². The number of carbonyl (C=O) groups is 2. The number of anilines is 1. The van der Waals surface area contributed by atoms with Gasteiger partial charge in [0.25, 0.3) is 0 Å². The summed E-state index contributed by atoms with van der Waals surface area (Å²) in [7, 11) is 0. The first-order valence-electron chi connectivity index (χ1n) is 7.34. The highest BCUT2D eigenvalue weighted by atomic mass is 79.9. The first-order chi connectivity index (χ1) is 11.4. The Morgan fingerprint density at radius 2 is 1.88 bits per heavy atom. The van der Waals surface area contributed by atoms with Gasteiger partial charge in [0.1, 0.15) is 5.82 Å². The molecular weight excluding hydrogens is 393 g/mol. The van der Waals surface area contributed by atoms with E-state index in [4.69, 9.17) is 0 Å². The second kappa shape index (κ2) is 8.44. The van der Waals surface area contributed by atoms with Gasteiger partial charge in [-0.05, 0) is 55.8 Å². The molecule has 0 aliphatic heterocycles. The zero-order valence-corrected chi connectivity index (χ0v) is 15.7. The van der Waals surface area contributed by atoms with E-state index in [-0.39, 0.29) is 22.8 Å². The van der Waals surface area contributed by atoms with Gasteiger partial charge in [-0.15, -0.1) is 11.8 Å². The molecule has 0 fully saturated rings. The molecule has 1 N–H and O–H groups in total. The first kappa shape index (κ1) is 18.7. The number of thioether (sulfide) groups is 1. The predicted octanol–water partition coefficient (Wildman–Crippen LogP) is 5.05. The molecule has 1 atom stereocenters. The van der Waals surface area contributed by atoms with Crippen LogP contribution in [0, 0.1) is 5.82 Å².